The van der Waals surface area contributed by atoms with E-state index in [1.807, 2.05) is 0 Å². The number of methoxy groups -OCH3 is 1. The van der Waals surface area contributed by atoms with Crippen LogP contribution < -0.4 is 10.4 Å². The van der Waals surface area contributed by atoms with Crippen LogP contribution in [0.4, 0.5) is 0 Å². The van der Waals surface area contributed by atoms with Gasteiger partial charge >= 0.3 is 0 Å². The number of rotatable bonds is 11. The van der Waals surface area contributed by atoms with Gasteiger partial charge in [0.1, 0.15) is 6.79 Å². The summed E-state index contributed by atoms with van der Waals surface area (Å²) in [4.78, 5) is 0. The lowest BCUT2D eigenvalue weighted by atomic mass is 9.52. The van der Waals surface area contributed by atoms with Crippen LogP contribution in [-0.4, -0.2) is 46.6 Å². The summed E-state index contributed by atoms with van der Waals surface area (Å²) in [6.45, 7) is 17.9. The summed E-state index contributed by atoms with van der Waals surface area (Å²) in [7, 11) is -1.04. The predicted octanol–water partition coefficient (Wildman–Crippen LogP) is 6.57. The number of hydrogen-bond donors (Lipinski definition) is 1. The van der Waals surface area contributed by atoms with Crippen LogP contribution in [0.25, 0.3) is 0 Å². The Labute approximate surface area is 244 Å². The molecule has 0 aliphatic heterocycles. The molecule has 0 bridgehead atoms. The van der Waals surface area contributed by atoms with Gasteiger partial charge in [0.2, 0.25) is 0 Å². The van der Waals surface area contributed by atoms with Crippen molar-refractivity contribution in [2.24, 2.45) is 28.6 Å². The Hall–Kier alpha value is -1.76. The molecule has 0 spiro atoms. The molecule has 1 saturated carbocycles. The Kier molecular flexibility index (Phi) is 9.53. The van der Waals surface area contributed by atoms with Gasteiger partial charge in [0, 0.05) is 20.3 Å². The molecule has 2 aromatic rings. The molecule has 40 heavy (non-hydrogen) atoms. The smallest absolute Gasteiger partial charge is 0.261 e. The lowest BCUT2D eigenvalue weighted by molar-refractivity contribution is -0.101. The molecular formula is C35H52O4Si. The number of benzene rings is 2. The monoisotopic (exact) mass is 564 g/mol. The van der Waals surface area contributed by atoms with Crippen LogP contribution in [-0.2, 0) is 13.9 Å². The molecule has 2 aromatic carbocycles. The van der Waals surface area contributed by atoms with Crippen molar-refractivity contribution in [3.8, 4) is 0 Å². The highest BCUT2D eigenvalue weighted by molar-refractivity contribution is 6.99. The Bertz CT molecular complexity index is 1080. The Morgan fingerprint density at radius 3 is 2.08 bits per heavy atom. The molecule has 0 amide bonds. The third kappa shape index (κ3) is 5.53. The normalized spacial score (nSPS) is 28.3. The summed E-state index contributed by atoms with van der Waals surface area (Å²) in [6, 6.07) is 21.8. The van der Waals surface area contributed by atoms with E-state index in [2.05, 4.69) is 115 Å². The quantitative estimate of drug-likeness (QED) is 0.145. The fraction of sp³-hybridized carbons (Fsp3) is 0.600. The average Bonchev–Trinajstić information content (AvgIpc) is 3.11. The summed E-state index contributed by atoms with van der Waals surface area (Å²) >= 11 is 0. The van der Waals surface area contributed by atoms with Gasteiger partial charge in [0.15, 0.2) is 0 Å². The zero-order chi connectivity index (χ0) is 29.2. The van der Waals surface area contributed by atoms with Crippen LogP contribution >= 0.6 is 0 Å². The topological polar surface area (TPSA) is 47.9 Å². The van der Waals surface area contributed by atoms with Crippen molar-refractivity contribution >= 4 is 18.7 Å². The second-order valence-electron chi connectivity index (χ2n) is 13.9. The van der Waals surface area contributed by atoms with Crippen molar-refractivity contribution < 1.29 is 19.0 Å². The third-order valence-corrected chi connectivity index (χ3v) is 15.4. The molecule has 0 aromatic heterocycles. The van der Waals surface area contributed by atoms with Gasteiger partial charge in [-0.25, -0.2) is 0 Å². The number of aliphatic hydroxyl groups is 1. The van der Waals surface area contributed by atoms with Gasteiger partial charge in [-0.15, -0.1) is 0 Å². The molecule has 2 aliphatic carbocycles. The van der Waals surface area contributed by atoms with Crippen molar-refractivity contribution in [1.82, 2.24) is 0 Å². The number of aliphatic hydroxyl groups excluding tert-OH is 1. The van der Waals surface area contributed by atoms with Crippen molar-refractivity contribution in [1.29, 1.82) is 0 Å². The zero-order valence-electron chi connectivity index (χ0n) is 26.1. The SMILES string of the molecule is COCOCCC[C@@]12C=C(C)C(C)(C)[C@@H]1C[C@H](O)[C@H](C)[C@@H]2CO[Si](c1ccccc1)(c1ccccc1)C(C)(C)C. The Balaban J connectivity index is 1.78. The highest BCUT2D eigenvalue weighted by Gasteiger charge is 2.60. The van der Waals surface area contributed by atoms with E-state index in [9.17, 15) is 5.11 Å². The number of hydrogen-bond acceptors (Lipinski definition) is 4. The van der Waals surface area contributed by atoms with Gasteiger partial charge in [0.25, 0.3) is 8.32 Å². The standard InChI is InChI=1S/C35H52O4Si/c1-26-23-35(20-15-21-38-25-37-8)30(27(2)31(36)22-32(35)34(26,6)7)24-39-40(33(3,4)5,28-16-11-9-12-17-28)29-18-13-10-14-19-29/h9-14,16-19,23,27,30-32,36H,15,20-22,24-25H2,1-8H3/t27-,30+,31+,32+,35+/m1/s1. The molecule has 0 radical (unpaired) electrons. The first-order valence-corrected chi connectivity index (χ1v) is 17.0. The molecule has 0 saturated heterocycles. The van der Waals surface area contributed by atoms with E-state index in [4.69, 9.17) is 13.9 Å². The molecule has 2 aliphatic rings. The van der Waals surface area contributed by atoms with Gasteiger partial charge in [-0.1, -0.05) is 114 Å². The van der Waals surface area contributed by atoms with Crippen molar-refractivity contribution in [2.45, 2.75) is 78.9 Å². The summed E-state index contributed by atoms with van der Waals surface area (Å²) < 4.78 is 18.4. The van der Waals surface area contributed by atoms with E-state index in [1.165, 1.54) is 15.9 Å². The maximum atomic E-state index is 11.5. The van der Waals surface area contributed by atoms with Crippen LogP contribution in [0, 0.1) is 28.6 Å². The molecule has 1 N–H and O–H groups in total. The van der Waals surface area contributed by atoms with Crippen molar-refractivity contribution in [3.63, 3.8) is 0 Å². The number of allylic oxidation sites excluding steroid dienone is 2. The van der Waals surface area contributed by atoms with Crippen LogP contribution in [0.5, 0.6) is 0 Å². The van der Waals surface area contributed by atoms with E-state index in [-0.39, 0.29) is 33.8 Å². The molecule has 0 heterocycles. The summed E-state index contributed by atoms with van der Waals surface area (Å²) in [5, 5.41) is 14.0. The van der Waals surface area contributed by atoms with E-state index in [1.54, 1.807) is 7.11 Å². The van der Waals surface area contributed by atoms with Gasteiger partial charge in [-0.2, -0.15) is 0 Å². The highest BCUT2D eigenvalue weighted by atomic mass is 28.4. The first-order valence-electron chi connectivity index (χ1n) is 15.1. The van der Waals surface area contributed by atoms with Crippen molar-refractivity contribution in [3.05, 3.63) is 72.3 Å². The largest absolute Gasteiger partial charge is 0.407 e. The van der Waals surface area contributed by atoms with Crippen molar-refractivity contribution in [2.75, 3.05) is 27.1 Å². The molecule has 1 fully saturated rings. The predicted molar refractivity (Wildman–Crippen MR) is 167 cm³/mol. The minimum atomic E-state index is -2.71. The van der Waals surface area contributed by atoms with Crippen LogP contribution in [0.3, 0.4) is 0 Å². The molecule has 5 heteroatoms. The van der Waals surface area contributed by atoms with Crippen LogP contribution in [0.1, 0.15) is 67.7 Å². The fourth-order valence-corrected chi connectivity index (χ4v) is 12.7. The van der Waals surface area contributed by atoms with Gasteiger partial charge in [-0.3, -0.25) is 0 Å². The second kappa shape index (κ2) is 12.2. The van der Waals surface area contributed by atoms with Gasteiger partial charge in [-0.05, 0) is 70.2 Å². The Morgan fingerprint density at radius 2 is 1.55 bits per heavy atom. The summed E-state index contributed by atoms with van der Waals surface area (Å²) in [5.74, 6) is 0.690. The molecule has 220 valence electrons. The average molecular weight is 565 g/mol. The fourth-order valence-electron chi connectivity index (χ4n) is 8.07. The maximum Gasteiger partial charge on any atom is 0.261 e. The van der Waals surface area contributed by atoms with Gasteiger partial charge < -0.3 is 19.0 Å². The highest BCUT2D eigenvalue weighted by Crippen LogP contribution is 2.64. The van der Waals surface area contributed by atoms with E-state index >= 15 is 0 Å². The van der Waals surface area contributed by atoms with E-state index in [0.717, 1.165) is 19.3 Å². The Morgan fingerprint density at radius 1 is 0.975 bits per heavy atom. The first kappa shape index (κ1) is 31.2. The molecule has 5 atom stereocenters. The minimum Gasteiger partial charge on any atom is -0.407 e. The number of fused-ring (bicyclic) bond motifs is 1. The maximum absolute atomic E-state index is 11.5. The minimum absolute atomic E-state index is 0.0319. The molecule has 4 nitrogen and oxygen atoms in total. The summed E-state index contributed by atoms with van der Waals surface area (Å²) in [6.07, 6.45) is 5.05. The second-order valence-corrected chi connectivity index (χ2v) is 18.2. The number of ether oxygens (including phenoxy) is 2. The molecule has 0 unspecified atom stereocenters. The van der Waals surface area contributed by atoms with E-state index in [0.29, 0.717) is 25.9 Å². The third-order valence-electron chi connectivity index (χ3n) is 10.4. The molecular weight excluding hydrogens is 512 g/mol. The lowest BCUT2D eigenvalue weighted by Gasteiger charge is -2.55. The molecule has 4 rings (SSSR count). The van der Waals surface area contributed by atoms with Crippen LogP contribution in [0.2, 0.25) is 5.04 Å². The summed E-state index contributed by atoms with van der Waals surface area (Å²) in [5.41, 5.74) is 1.42. The van der Waals surface area contributed by atoms with E-state index < -0.39 is 8.32 Å². The van der Waals surface area contributed by atoms with Gasteiger partial charge in [0.05, 0.1) is 6.10 Å². The first-order chi connectivity index (χ1) is 18.9. The zero-order valence-corrected chi connectivity index (χ0v) is 27.1. The lowest BCUT2D eigenvalue weighted by Crippen LogP contribution is -2.67. The van der Waals surface area contributed by atoms with Crippen LogP contribution in [0.15, 0.2) is 72.3 Å².